The number of aromatic nitrogens is 2. The van der Waals surface area contributed by atoms with E-state index in [9.17, 15) is 4.79 Å². The van der Waals surface area contributed by atoms with E-state index in [1.165, 1.54) is 44.9 Å². The summed E-state index contributed by atoms with van der Waals surface area (Å²) in [5.41, 5.74) is 0.904. The maximum Gasteiger partial charge on any atom is 0.311 e. The van der Waals surface area contributed by atoms with Crippen molar-refractivity contribution in [2.24, 2.45) is 5.92 Å². The Labute approximate surface area is 200 Å². The molecular weight excluding hydrogens is 412 g/mol. The third-order valence-electron chi connectivity index (χ3n) is 6.01. The Bertz CT molecular complexity index is 775. The van der Waals surface area contributed by atoms with Crippen LogP contribution in [0, 0.1) is 5.92 Å². The molecule has 0 radical (unpaired) electrons. The second-order valence-corrected chi connectivity index (χ2v) is 8.97. The number of carbonyl (C=O) groups excluding carboxylic acids is 1. The molecule has 0 N–H and O–H groups in total. The minimum absolute atomic E-state index is 0.224. The summed E-state index contributed by atoms with van der Waals surface area (Å²) >= 11 is 0. The molecule has 5 heteroatoms. The van der Waals surface area contributed by atoms with E-state index in [1.807, 2.05) is 24.3 Å². The van der Waals surface area contributed by atoms with Gasteiger partial charge in [0.05, 0.1) is 19.0 Å². The number of benzene rings is 1. The summed E-state index contributed by atoms with van der Waals surface area (Å²) in [7, 11) is 0. The van der Waals surface area contributed by atoms with E-state index in [0.717, 1.165) is 43.6 Å². The molecule has 1 unspecified atom stereocenters. The lowest BCUT2D eigenvalue weighted by Crippen LogP contribution is -2.08. The average molecular weight is 455 g/mol. The Balaban J connectivity index is 1.68. The van der Waals surface area contributed by atoms with E-state index in [0.29, 0.717) is 23.9 Å². The molecule has 0 saturated carbocycles. The highest BCUT2D eigenvalue weighted by molar-refractivity contribution is 5.72. The van der Waals surface area contributed by atoms with Gasteiger partial charge in [-0.3, -0.25) is 4.79 Å². The van der Waals surface area contributed by atoms with E-state index >= 15 is 0 Å². The van der Waals surface area contributed by atoms with Gasteiger partial charge in [0.15, 0.2) is 11.6 Å². The van der Waals surface area contributed by atoms with Crippen molar-refractivity contribution in [1.29, 1.82) is 0 Å². The Morgan fingerprint density at radius 2 is 1.52 bits per heavy atom. The lowest BCUT2D eigenvalue weighted by Gasteiger charge is -2.08. The molecule has 0 bridgehead atoms. The first-order valence-electron chi connectivity index (χ1n) is 12.9. The molecule has 0 fully saturated rings. The number of unbranched alkanes of at least 4 members (excludes halogenated alkanes) is 7. The minimum Gasteiger partial charge on any atom is -0.494 e. The number of rotatable bonds is 17. The van der Waals surface area contributed by atoms with Crippen molar-refractivity contribution in [3.63, 3.8) is 0 Å². The fraction of sp³-hybridized carbons (Fsp3) is 0.607. The summed E-state index contributed by atoms with van der Waals surface area (Å²) in [6.45, 7) is 7.44. The Morgan fingerprint density at radius 3 is 2.18 bits per heavy atom. The number of hydrogen-bond acceptors (Lipinski definition) is 5. The fourth-order valence-corrected chi connectivity index (χ4v) is 3.62. The van der Waals surface area contributed by atoms with Crippen molar-refractivity contribution in [3.05, 3.63) is 36.7 Å². The van der Waals surface area contributed by atoms with Gasteiger partial charge in [-0.05, 0) is 43.0 Å². The van der Waals surface area contributed by atoms with Crippen molar-refractivity contribution in [2.45, 2.75) is 97.8 Å². The molecular formula is C28H42N2O3. The van der Waals surface area contributed by atoms with Gasteiger partial charge in [-0.2, -0.15) is 0 Å². The van der Waals surface area contributed by atoms with E-state index in [4.69, 9.17) is 9.47 Å². The standard InChI is InChI=1S/C28H42N2O3/c1-4-6-7-8-9-10-13-20-32-25-18-16-24(17-19-25)28-29-21-26(22-30-28)33-27(31)15-12-11-14-23(3)5-2/h16-19,21-23H,4-15,20H2,1-3H3. The molecule has 0 saturated heterocycles. The van der Waals surface area contributed by atoms with Crippen LogP contribution in [0.4, 0.5) is 0 Å². The van der Waals surface area contributed by atoms with Crippen LogP contribution >= 0.6 is 0 Å². The molecule has 0 aliphatic heterocycles. The fourth-order valence-electron chi connectivity index (χ4n) is 3.62. The van der Waals surface area contributed by atoms with E-state index in [-0.39, 0.29) is 5.97 Å². The summed E-state index contributed by atoms with van der Waals surface area (Å²) in [4.78, 5) is 20.7. The number of nitrogens with zero attached hydrogens (tertiary/aromatic N) is 2. The maximum atomic E-state index is 12.0. The third-order valence-corrected chi connectivity index (χ3v) is 6.01. The van der Waals surface area contributed by atoms with Crippen LogP contribution < -0.4 is 9.47 Å². The second-order valence-electron chi connectivity index (χ2n) is 8.97. The van der Waals surface area contributed by atoms with Crippen LogP contribution in [-0.2, 0) is 4.79 Å². The first kappa shape index (κ1) is 26.8. The van der Waals surface area contributed by atoms with E-state index in [2.05, 4.69) is 30.7 Å². The zero-order valence-corrected chi connectivity index (χ0v) is 20.9. The zero-order chi connectivity index (χ0) is 23.7. The molecule has 0 amide bonds. The Hall–Kier alpha value is -2.43. The highest BCUT2D eigenvalue weighted by Crippen LogP contribution is 2.21. The predicted octanol–water partition coefficient (Wildman–Crippen LogP) is 7.78. The number of esters is 1. The molecule has 0 aliphatic carbocycles. The van der Waals surface area contributed by atoms with Gasteiger partial charge >= 0.3 is 5.97 Å². The topological polar surface area (TPSA) is 61.3 Å². The van der Waals surface area contributed by atoms with Crippen LogP contribution in [-0.4, -0.2) is 22.5 Å². The van der Waals surface area contributed by atoms with Crippen LogP contribution in [0.1, 0.15) is 97.8 Å². The monoisotopic (exact) mass is 454 g/mol. The van der Waals surface area contributed by atoms with E-state index < -0.39 is 0 Å². The first-order valence-corrected chi connectivity index (χ1v) is 12.9. The van der Waals surface area contributed by atoms with Crippen LogP contribution in [0.2, 0.25) is 0 Å². The van der Waals surface area contributed by atoms with Gasteiger partial charge < -0.3 is 9.47 Å². The normalized spacial score (nSPS) is 11.8. The van der Waals surface area contributed by atoms with Crippen molar-refractivity contribution in [2.75, 3.05) is 6.61 Å². The van der Waals surface area contributed by atoms with Crippen LogP contribution in [0.5, 0.6) is 11.5 Å². The van der Waals surface area contributed by atoms with Gasteiger partial charge in [0.1, 0.15) is 5.75 Å². The summed E-state index contributed by atoms with van der Waals surface area (Å²) in [5.74, 6) is 2.34. The molecule has 2 rings (SSSR count). The van der Waals surface area contributed by atoms with Gasteiger partial charge in [-0.15, -0.1) is 0 Å². The molecule has 0 spiro atoms. The molecule has 1 atom stereocenters. The molecule has 0 aliphatic rings. The van der Waals surface area contributed by atoms with Crippen molar-refractivity contribution in [1.82, 2.24) is 9.97 Å². The number of hydrogen-bond donors (Lipinski definition) is 0. The van der Waals surface area contributed by atoms with Crippen LogP contribution in [0.15, 0.2) is 36.7 Å². The first-order chi connectivity index (χ1) is 16.1. The van der Waals surface area contributed by atoms with Gasteiger partial charge in [0, 0.05) is 12.0 Å². The van der Waals surface area contributed by atoms with Gasteiger partial charge in [-0.25, -0.2) is 9.97 Å². The van der Waals surface area contributed by atoms with Crippen LogP contribution in [0.25, 0.3) is 11.4 Å². The lowest BCUT2D eigenvalue weighted by atomic mass is 10.0. The Kier molecular flexibility index (Phi) is 13.2. The highest BCUT2D eigenvalue weighted by atomic mass is 16.5. The van der Waals surface area contributed by atoms with Gasteiger partial charge in [0.25, 0.3) is 0 Å². The van der Waals surface area contributed by atoms with E-state index in [1.54, 1.807) is 12.4 Å². The molecule has 1 aromatic heterocycles. The average Bonchev–Trinajstić information content (AvgIpc) is 2.84. The minimum atomic E-state index is -0.224. The molecule has 1 aromatic carbocycles. The summed E-state index contributed by atoms with van der Waals surface area (Å²) in [6.07, 6.45) is 16.7. The van der Waals surface area contributed by atoms with Crippen molar-refractivity contribution in [3.8, 4) is 22.9 Å². The maximum absolute atomic E-state index is 12.0. The summed E-state index contributed by atoms with van der Waals surface area (Å²) in [5, 5.41) is 0. The molecule has 2 aromatic rings. The van der Waals surface area contributed by atoms with Crippen LogP contribution in [0.3, 0.4) is 0 Å². The van der Waals surface area contributed by atoms with Crippen molar-refractivity contribution < 1.29 is 14.3 Å². The predicted molar refractivity (Wildman–Crippen MR) is 135 cm³/mol. The molecule has 5 nitrogen and oxygen atoms in total. The smallest absolute Gasteiger partial charge is 0.311 e. The summed E-state index contributed by atoms with van der Waals surface area (Å²) < 4.78 is 11.2. The quantitative estimate of drug-likeness (QED) is 0.180. The van der Waals surface area contributed by atoms with Gasteiger partial charge in [-0.1, -0.05) is 78.6 Å². The largest absolute Gasteiger partial charge is 0.494 e. The molecule has 33 heavy (non-hydrogen) atoms. The SMILES string of the molecule is CCCCCCCCCOc1ccc(-c2ncc(OC(=O)CCCCC(C)CC)cn2)cc1. The second kappa shape index (κ2) is 16.2. The lowest BCUT2D eigenvalue weighted by molar-refractivity contribution is -0.134. The molecule has 1 heterocycles. The number of carbonyl (C=O) groups is 1. The third kappa shape index (κ3) is 11.3. The van der Waals surface area contributed by atoms with Crippen molar-refractivity contribution >= 4 is 5.97 Å². The Morgan fingerprint density at radius 1 is 0.848 bits per heavy atom. The highest BCUT2D eigenvalue weighted by Gasteiger charge is 2.08. The molecule has 182 valence electrons. The number of ether oxygens (including phenoxy) is 2. The zero-order valence-electron chi connectivity index (χ0n) is 20.9. The van der Waals surface area contributed by atoms with Gasteiger partial charge in [0.2, 0.25) is 0 Å². The summed E-state index contributed by atoms with van der Waals surface area (Å²) in [6, 6.07) is 7.82.